The van der Waals surface area contributed by atoms with Gasteiger partial charge in [0, 0.05) is 16.9 Å². The van der Waals surface area contributed by atoms with E-state index in [4.69, 9.17) is 11.6 Å². The van der Waals surface area contributed by atoms with Gasteiger partial charge in [-0.2, -0.15) is 0 Å². The molecular weight excluding hydrogens is 342 g/mol. The van der Waals surface area contributed by atoms with Gasteiger partial charge in [-0.05, 0) is 37.6 Å². The van der Waals surface area contributed by atoms with Crippen LogP contribution in [0.2, 0.25) is 5.02 Å². The Morgan fingerprint density at radius 3 is 2.83 bits per heavy atom. The molecule has 0 atom stereocenters. The van der Waals surface area contributed by atoms with Crippen molar-refractivity contribution < 1.29 is 4.79 Å². The molecular formula is C18H22ClN3OS. The third kappa shape index (κ3) is 5.03. The summed E-state index contributed by atoms with van der Waals surface area (Å²) in [5.74, 6) is -0.0234. The monoisotopic (exact) mass is 363 g/mol. The van der Waals surface area contributed by atoms with Gasteiger partial charge in [-0.3, -0.25) is 9.69 Å². The van der Waals surface area contributed by atoms with Crippen LogP contribution in [0.15, 0.2) is 29.6 Å². The van der Waals surface area contributed by atoms with Crippen LogP contribution in [0.25, 0.3) is 0 Å². The fourth-order valence-electron chi connectivity index (χ4n) is 2.87. The molecule has 1 amide bonds. The second-order valence-electron chi connectivity index (χ2n) is 6.11. The first kappa shape index (κ1) is 17.4. The zero-order chi connectivity index (χ0) is 16.8. The minimum absolute atomic E-state index is 0.0234. The molecule has 3 rings (SSSR count). The minimum atomic E-state index is -0.0234. The molecule has 128 valence electrons. The van der Waals surface area contributed by atoms with Crippen molar-refractivity contribution >= 4 is 28.8 Å². The van der Waals surface area contributed by atoms with Crippen LogP contribution in [0, 0.1) is 0 Å². The Morgan fingerprint density at radius 2 is 2.04 bits per heavy atom. The maximum atomic E-state index is 12.1. The lowest BCUT2D eigenvalue weighted by atomic mass is 10.1. The zero-order valence-electron chi connectivity index (χ0n) is 13.6. The number of rotatable bonds is 6. The van der Waals surface area contributed by atoms with Gasteiger partial charge in [-0.15, -0.1) is 11.3 Å². The smallest absolute Gasteiger partial charge is 0.226 e. The van der Waals surface area contributed by atoms with Crippen molar-refractivity contribution in [2.75, 3.05) is 13.1 Å². The molecule has 6 heteroatoms. The highest BCUT2D eigenvalue weighted by atomic mass is 35.5. The predicted octanol–water partition coefficient (Wildman–Crippen LogP) is 3.64. The number of likely N-dealkylation sites (tertiary alicyclic amines) is 1. The zero-order valence-corrected chi connectivity index (χ0v) is 15.2. The first-order chi connectivity index (χ1) is 11.7. The molecule has 0 bridgehead atoms. The van der Waals surface area contributed by atoms with Crippen LogP contribution < -0.4 is 5.32 Å². The number of carbonyl (C=O) groups excluding carboxylic acids is 1. The van der Waals surface area contributed by atoms with Crippen LogP contribution in [-0.2, 0) is 24.3 Å². The molecule has 1 N–H and O–H groups in total. The van der Waals surface area contributed by atoms with Gasteiger partial charge < -0.3 is 5.32 Å². The number of aromatic nitrogens is 1. The third-order valence-corrected chi connectivity index (χ3v) is 5.43. The summed E-state index contributed by atoms with van der Waals surface area (Å²) >= 11 is 7.75. The van der Waals surface area contributed by atoms with Crippen molar-refractivity contribution in [2.45, 2.75) is 38.8 Å². The van der Waals surface area contributed by atoms with Gasteiger partial charge in [0.15, 0.2) is 0 Å². The van der Waals surface area contributed by atoms with Crippen LogP contribution in [0.4, 0.5) is 0 Å². The highest BCUT2D eigenvalue weighted by Crippen LogP contribution is 2.17. The van der Waals surface area contributed by atoms with Gasteiger partial charge in [0.05, 0.1) is 18.7 Å². The molecule has 2 aromatic rings. The molecule has 1 aromatic heterocycles. The first-order valence-corrected chi connectivity index (χ1v) is 9.62. The number of nitrogens with one attached hydrogen (secondary N) is 1. The summed E-state index contributed by atoms with van der Waals surface area (Å²) in [7, 11) is 0. The molecule has 1 aliphatic rings. The molecule has 0 aliphatic carbocycles. The predicted molar refractivity (Wildman–Crippen MR) is 98.2 cm³/mol. The van der Waals surface area contributed by atoms with E-state index in [0.717, 1.165) is 35.9 Å². The fraction of sp³-hybridized carbons (Fsp3) is 0.444. The number of halogens is 1. The number of hydrogen-bond acceptors (Lipinski definition) is 4. The van der Waals surface area contributed by atoms with Crippen molar-refractivity contribution in [2.24, 2.45) is 0 Å². The second kappa shape index (κ2) is 8.60. The van der Waals surface area contributed by atoms with Crippen molar-refractivity contribution in [3.63, 3.8) is 0 Å². The molecule has 1 fully saturated rings. The number of piperidine rings is 1. The van der Waals surface area contributed by atoms with Gasteiger partial charge in [0.2, 0.25) is 5.91 Å². The van der Waals surface area contributed by atoms with Crippen molar-refractivity contribution in [3.05, 3.63) is 50.9 Å². The molecule has 4 nitrogen and oxygen atoms in total. The maximum Gasteiger partial charge on any atom is 0.226 e. The van der Waals surface area contributed by atoms with Crippen molar-refractivity contribution in [1.29, 1.82) is 0 Å². The standard InChI is InChI=1S/C18H22ClN3OS/c19-16-7-3-2-6-14(16)11-20-17(23)10-15-13-24-18(21-15)12-22-8-4-1-5-9-22/h2-3,6-7,13H,1,4-5,8-12H2,(H,20,23). The van der Waals surface area contributed by atoms with Crippen LogP contribution in [0.3, 0.4) is 0 Å². The topological polar surface area (TPSA) is 45.2 Å². The van der Waals surface area contributed by atoms with Gasteiger partial charge in [0.1, 0.15) is 5.01 Å². The Balaban J connectivity index is 1.47. The van der Waals surface area contributed by atoms with E-state index in [-0.39, 0.29) is 5.91 Å². The summed E-state index contributed by atoms with van der Waals surface area (Å²) in [6.07, 6.45) is 4.22. The van der Waals surface area contributed by atoms with E-state index >= 15 is 0 Å². The molecule has 1 aliphatic heterocycles. The molecule has 24 heavy (non-hydrogen) atoms. The van der Waals surface area contributed by atoms with E-state index in [0.29, 0.717) is 18.0 Å². The molecule has 2 heterocycles. The van der Waals surface area contributed by atoms with E-state index in [1.165, 1.54) is 19.3 Å². The Labute approximate surface area is 151 Å². The summed E-state index contributed by atoms with van der Waals surface area (Å²) in [4.78, 5) is 19.2. The minimum Gasteiger partial charge on any atom is -0.352 e. The first-order valence-electron chi connectivity index (χ1n) is 8.36. The molecule has 0 unspecified atom stereocenters. The SMILES string of the molecule is O=C(Cc1csc(CN2CCCCC2)n1)NCc1ccccc1Cl. The molecule has 0 spiro atoms. The Kier molecular flexibility index (Phi) is 6.24. The summed E-state index contributed by atoms with van der Waals surface area (Å²) in [5, 5.41) is 6.68. The van der Waals surface area contributed by atoms with E-state index in [2.05, 4.69) is 15.2 Å². The number of hydrogen-bond donors (Lipinski definition) is 1. The molecule has 0 radical (unpaired) electrons. The van der Waals surface area contributed by atoms with E-state index in [1.54, 1.807) is 11.3 Å². The van der Waals surface area contributed by atoms with Crippen LogP contribution in [-0.4, -0.2) is 28.9 Å². The fourth-order valence-corrected chi connectivity index (χ4v) is 3.91. The largest absolute Gasteiger partial charge is 0.352 e. The van der Waals surface area contributed by atoms with E-state index in [9.17, 15) is 4.79 Å². The molecule has 1 aromatic carbocycles. The lowest BCUT2D eigenvalue weighted by Gasteiger charge is -2.25. The molecule has 1 saturated heterocycles. The lowest BCUT2D eigenvalue weighted by Crippen LogP contribution is -2.29. The summed E-state index contributed by atoms with van der Waals surface area (Å²) in [6.45, 7) is 3.68. The number of thiazole rings is 1. The summed E-state index contributed by atoms with van der Waals surface area (Å²) in [5.41, 5.74) is 1.78. The number of carbonyl (C=O) groups is 1. The van der Waals surface area contributed by atoms with Gasteiger partial charge >= 0.3 is 0 Å². The molecule has 0 saturated carbocycles. The average molecular weight is 364 g/mol. The normalized spacial score (nSPS) is 15.4. The number of amides is 1. The maximum absolute atomic E-state index is 12.1. The van der Waals surface area contributed by atoms with Crippen LogP contribution in [0.5, 0.6) is 0 Å². The van der Waals surface area contributed by atoms with E-state index < -0.39 is 0 Å². The lowest BCUT2D eigenvalue weighted by molar-refractivity contribution is -0.120. The van der Waals surface area contributed by atoms with Gasteiger partial charge in [-0.25, -0.2) is 4.98 Å². The van der Waals surface area contributed by atoms with E-state index in [1.807, 2.05) is 29.6 Å². The average Bonchev–Trinajstić information content (AvgIpc) is 3.02. The van der Waals surface area contributed by atoms with Crippen molar-refractivity contribution in [3.8, 4) is 0 Å². The summed E-state index contributed by atoms with van der Waals surface area (Å²) in [6, 6.07) is 7.55. The van der Waals surface area contributed by atoms with Crippen LogP contribution >= 0.6 is 22.9 Å². The van der Waals surface area contributed by atoms with Gasteiger partial charge in [-0.1, -0.05) is 36.2 Å². The Bertz CT molecular complexity index is 682. The quantitative estimate of drug-likeness (QED) is 0.852. The summed E-state index contributed by atoms with van der Waals surface area (Å²) < 4.78 is 0. The highest BCUT2D eigenvalue weighted by molar-refractivity contribution is 7.09. The number of nitrogens with zero attached hydrogens (tertiary/aromatic N) is 2. The second-order valence-corrected chi connectivity index (χ2v) is 7.46. The Hall–Kier alpha value is -1.43. The van der Waals surface area contributed by atoms with Crippen molar-refractivity contribution in [1.82, 2.24) is 15.2 Å². The number of benzene rings is 1. The Morgan fingerprint density at radius 1 is 1.25 bits per heavy atom. The van der Waals surface area contributed by atoms with Gasteiger partial charge in [0.25, 0.3) is 0 Å². The highest BCUT2D eigenvalue weighted by Gasteiger charge is 2.13. The van der Waals surface area contributed by atoms with Crippen LogP contribution in [0.1, 0.15) is 35.5 Å². The third-order valence-electron chi connectivity index (χ3n) is 4.18.